The SMILES string of the molecule is COCCCn1nnnc1-c1cccc(N)c1Cl. The van der Waals surface area contributed by atoms with Gasteiger partial charge in [-0.2, -0.15) is 0 Å². The molecule has 0 unspecified atom stereocenters. The number of ether oxygens (including phenoxy) is 1. The number of aromatic nitrogens is 4. The van der Waals surface area contributed by atoms with Crippen molar-refractivity contribution in [2.45, 2.75) is 13.0 Å². The van der Waals surface area contributed by atoms with Crippen molar-refractivity contribution in [1.29, 1.82) is 0 Å². The van der Waals surface area contributed by atoms with Gasteiger partial charge in [-0.05, 0) is 29.0 Å². The Morgan fingerprint density at radius 3 is 3.06 bits per heavy atom. The summed E-state index contributed by atoms with van der Waals surface area (Å²) in [6, 6.07) is 5.41. The summed E-state index contributed by atoms with van der Waals surface area (Å²) in [5.74, 6) is 0.614. The number of hydrogen-bond acceptors (Lipinski definition) is 5. The lowest BCUT2D eigenvalue weighted by Crippen LogP contribution is -2.06. The first-order valence-corrected chi connectivity index (χ1v) is 5.91. The molecule has 18 heavy (non-hydrogen) atoms. The molecule has 0 aliphatic rings. The summed E-state index contributed by atoms with van der Waals surface area (Å²) < 4.78 is 6.69. The minimum Gasteiger partial charge on any atom is -0.398 e. The molecule has 0 amide bonds. The third-order valence-corrected chi connectivity index (χ3v) is 2.94. The van der Waals surface area contributed by atoms with Crippen LogP contribution in [0.1, 0.15) is 6.42 Å². The molecule has 0 aliphatic carbocycles. The Kier molecular flexibility index (Phi) is 4.11. The molecule has 6 nitrogen and oxygen atoms in total. The second kappa shape index (κ2) is 5.79. The van der Waals surface area contributed by atoms with Gasteiger partial charge < -0.3 is 10.5 Å². The maximum atomic E-state index is 6.16. The van der Waals surface area contributed by atoms with E-state index in [0.29, 0.717) is 29.7 Å². The van der Waals surface area contributed by atoms with Crippen molar-refractivity contribution in [3.63, 3.8) is 0 Å². The van der Waals surface area contributed by atoms with Crippen LogP contribution < -0.4 is 5.73 Å². The van der Waals surface area contributed by atoms with Gasteiger partial charge >= 0.3 is 0 Å². The Morgan fingerprint density at radius 1 is 1.44 bits per heavy atom. The van der Waals surface area contributed by atoms with Crippen LogP contribution in [0, 0.1) is 0 Å². The van der Waals surface area contributed by atoms with E-state index in [2.05, 4.69) is 15.5 Å². The average Bonchev–Trinajstić information content (AvgIpc) is 2.81. The van der Waals surface area contributed by atoms with Crippen LogP contribution in [0.5, 0.6) is 0 Å². The Labute approximate surface area is 110 Å². The van der Waals surface area contributed by atoms with E-state index in [1.165, 1.54) is 0 Å². The predicted molar refractivity (Wildman–Crippen MR) is 69.2 cm³/mol. The summed E-state index contributed by atoms with van der Waals surface area (Å²) in [5, 5.41) is 12.1. The fourth-order valence-corrected chi connectivity index (χ4v) is 1.84. The van der Waals surface area contributed by atoms with Crippen molar-refractivity contribution in [3.05, 3.63) is 23.2 Å². The first-order valence-electron chi connectivity index (χ1n) is 5.53. The van der Waals surface area contributed by atoms with E-state index in [9.17, 15) is 0 Å². The first kappa shape index (κ1) is 12.8. The topological polar surface area (TPSA) is 78.8 Å². The number of nitrogens with zero attached hydrogens (tertiary/aromatic N) is 4. The number of hydrogen-bond donors (Lipinski definition) is 1. The highest BCUT2D eigenvalue weighted by Gasteiger charge is 2.13. The molecule has 0 aliphatic heterocycles. The van der Waals surface area contributed by atoms with Crippen LogP contribution >= 0.6 is 11.6 Å². The highest BCUT2D eigenvalue weighted by atomic mass is 35.5. The van der Waals surface area contributed by atoms with Crippen molar-refractivity contribution in [3.8, 4) is 11.4 Å². The Hall–Kier alpha value is -1.66. The van der Waals surface area contributed by atoms with Gasteiger partial charge in [-0.3, -0.25) is 0 Å². The second-order valence-electron chi connectivity index (χ2n) is 3.78. The average molecular weight is 268 g/mol. The normalized spacial score (nSPS) is 10.8. The van der Waals surface area contributed by atoms with Crippen molar-refractivity contribution in [2.24, 2.45) is 0 Å². The van der Waals surface area contributed by atoms with Gasteiger partial charge in [0, 0.05) is 25.8 Å². The number of benzene rings is 1. The lowest BCUT2D eigenvalue weighted by atomic mass is 10.2. The van der Waals surface area contributed by atoms with Gasteiger partial charge in [0.25, 0.3) is 0 Å². The molecule has 7 heteroatoms. The minimum absolute atomic E-state index is 0.472. The molecule has 0 bridgehead atoms. The number of anilines is 1. The van der Waals surface area contributed by atoms with E-state index in [0.717, 1.165) is 12.0 Å². The summed E-state index contributed by atoms with van der Waals surface area (Å²) in [4.78, 5) is 0. The molecule has 1 aromatic heterocycles. The third-order valence-electron chi connectivity index (χ3n) is 2.52. The molecule has 0 radical (unpaired) electrons. The van der Waals surface area contributed by atoms with Gasteiger partial charge in [-0.1, -0.05) is 17.7 Å². The molecule has 0 atom stereocenters. The van der Waals surface area contributed by atoms with Crippen LogP contribution in [0.3, 0.4) is 0 Å². The number of nitrogen functional groups attached to an aromatic ring is 1. The van der Waals surface area contributed by atoms with Crippen molar-refractivity contribution in [1.82, 2.24) is 20.2 Å². The molecular formula is C11H14ClN5O. The molecule has 0 saturated carbocycles. The minimum atomic E-state index is 0.472. The Balaban J connectivity index is 2.28. The zero-order valence-corrected chi connectivity index (χ0v) is 10.8. The molecule has 2 rings (SSSR count). The maximum Gasteiger partial charge on any atom is 0.183 e. The second-order valence-corrected chi connectivity index (χ2v) is 4.16. The number of nitrogens with two attached hydrogens (primary N) is 1. The number of aryl methyl sites for hydroxylation is 1. The quantitative estimate of drug-likeness (QED) is 0.658. The van der Waals surface area contributed by atoms with Gasteiger partial charge in [-0.25, -0.2) is 4.68 Å². The lowest BCUT2D eigenvalue weighted by Gasteiger charge is -2.07. The molecule has 1 aromatic carbocycles. The number of rotatable bonds is 5. The standard InChI is InChI=1S/C11H14ClN5O/c1-18-7-3-6-17-11(14-15-16-17)8-4-2-5-9(13)10(8)12/h2,4-5H,3,6-7,13H2,1H3. The molecule has 2 aromatic rings. The van der Waals surface area contributed by atoms with Crippen LogP contribution in [0.15, 0.2) is 18.2 Å². The fourth-order valence-electron chi connectivity index (χ4n) is 1.63. The zero-order valence-electron chi connectivity index (χ0n) is 10.0. The Morgan fingerprint density at radius 2 is 2.28 bits per heavy atom. The van der Waals surface area contributed by atoms with Crippen LogP contribution in [-0.4, -0.2) is 33.9 Å². The van der Waals surface area contributed by atoms with E-state index >= 15 is 0 Å². The summed E-state index contributed by atoms with van der Waals surface area (Å²) in [6.45, 7) is 1.32. The van der Waals surface area contributed by atoms with Crippen LogP contribution in [0.4, 0.5) is 5.69 Å². The number of halogens is 1. The van der Waals surface area contributed by atoms with Crippen LogP contribution in [0.2, 0.25) is 5.02 Å². The summed E-state index contributed by atoms with van der Waals surface area (Å²) in [5.41, 5.74) is 7.02. The van der Waals surface area contributed by atoms with Gasteiger partial charge in [0.1, 0.15) is 0 Å². The van der Waals surface area contributed by atoms with Crippen LogP contribution in [0.25, 0.3) is 11.4 Å². The summed E-state index contributed by atoms with van der Waals surface area (Å²) in [7, 11) is 1.66. The third kappa shape index (κ3) is 2.60. The van der Waals surface area contributed by atoms with Gasteiger partial charge in [0.15, 0.2) is 5.82 Å². The number of methoxy groups -OCH3 is 1. The van der Waals surface area contributed by atoms with Crippen molar-refractivity contribution < 1.29 is 4.74 Å². The van der Waals surface area contributed by atoms with Crippen LogP contribution in [-0.2, 0) is 11.3 Å². The monoisotopic (exact) mass is 267 g/mol. The molecular weight excluding hydrogens is 254 g/mol. The Bertz CT molecular complexity index is 528. The number of tetrazole rings is 1. The fraction of sp³-hybridized carbons (Fsp3) is 0.364. The highest BCUT2D eigenvalue weighted by molar-refractivity contribution is 6.35. The molecule has 1 heterocycles. The molecule has 2 N–H and O–H groups in total. The van der Waals surface area contributed by atoms with Crippen molar-refractivity contribution >= 4 is 17.3 Å². The maximum absolute atomic E-state index is 6.16. The summed E-state index contributed by atoms with van der Waals surface area (Å²) >= 11 is 6.16. The van der Waals surface area contributed by atoms with Crippen molar-refractivity contribution in [2.75, 3.05) is 19.5 Å². The van der Waals surface area contributed by atoms with E-state index in [-0.39, 0.29) is 0 Å². The smallest absolute Gasteiger partial charge is 0.183 e. The van der Waals surface area contributed by atoms with Gasteiger partial charge in [0.2, 0.25) is 0 Å². The van der Waals surface area contributed by atoms with Gasteiger partial charge in [-0.15, -0.1) is 5.10 Å². The molecule has 0 spiro atoms. The largest absolute Gasteiger partial charge is 0.398 e. The van der Waals surface area contributed by atoms with E-state index < -0.39 is 0 Å². The first-order chi connectivity index (χ1) is 8.74. The van der Waals surface area contributed by atoms with E-state index in [1.807, 2.05) is 12.1 Å². The molecule has 96 valence electrons. The molecule has 0 saturated heterocycles. The zero-order chi connectivity index (χ0) is 13.0. The van der Waals surface area contributed by atoms with E-state index in [1.54, 1.807) is 17.9 Å². The highest BCUT2D eigenvalue weighted by Crippen LogP contribution is 2.30. The molecule has 0 fully saturated rings. The summed E-state index contributed by atoms with van der Waals surface area (Å²) in [6.07, 6.45) is 0.828. The predicted octanol–water partition coefficient (Wildman–Crippen LogP) is 1.61. The van der Waals surface area contributed by atoms with E-state index in [4.69, 9.17) is 22.1 Å². The lowest BCUT2D eigenvalue weighted by molar-refractivity contribution is 0.189. The van der Waals surface area contributed by atoms with Gasteiger partial charge in [0.05, 0.1) is 10.7 Å².